The predicted octanol–water partition coefficient (Wildman–Crippen LogP) is 3.12. The summed E-state index contributed by atoms with van der Waals surface area (Å²) < 4.78 is 1.08. The third kappa shape index (κ3) is 3.45. The smallest absolute Gasteiger partial charge is 0.128 e. The number of pyridine rings is 1. The van der Waals surface area contributed by atoms with Crippen molar-refractivity contribution in [3.63, 3.8) is 0 Å². The molecule has 1 fully saturated rings. The van der Waals surface area contributed by atoms with Gasteiger partial charge in [-0.1, -0.05) is 6.42 Å². The van der Waals surface area contributed by atoms with Crippen LogP contribution in [0, 0.1) is 6.92 Å². The highest BCUT2D eigenvalue weighted by Crippen LogP contribution is 2.20. The van der Waals surface area contributed by atoms with Crippen molar-refractivity contribution >= 4 is 21.7 Å². The first-order valence-electron chi connectivity index (χ1n) is 6.82. The number of piperidine rings is 1. The number of nitrogens with zero attached hydrogens (tertiary/aromatic N) is 2. The van der Waals surface area contributed by atoms with E-state index in [-0.39, 0.29) is 0 Å². The lowest BCUT2D eigenvalue weighted by molar-refractivity contribution is 0.399. The average molecular weight is 312 g/mol. The fraction of sp³-hybridized carbons (Fsp3) is 0.643. The van der Waals surface area contributed by atoms with Gasteiger partial charge in [0.25, 0.3) is 0 Å². The quantitative estimate of drug-likeness (QED) is 0.926. The molecule has 3 nitrogen and oxygen atoms in total. The van der Waals surface area contributed by atoms with Gasteiger partial charge in [0.2, 0.25) is 0 Å². The highest BCUT2D eigenvalue weighted by molar-refractivity contribution is 9.10. The van der Waals surface area contributed by atoms with Gasteiger partial charge in [0, 0.05) is 23.6 Å². The summed E-state index contributed by atoms with van der Waals surface area (Å²) in [5.41, 5.74) is 1.06. The standard InChI is InChI=1S/C14H22BrN3/c1-3-18(10-12-6-4-5-9-16-12)14-8-7-13(15)11(2)17-14/h7-8,12,16H,3-6,9-10H2,1-2H3. The number of halogens is 1. The number of anilines is 1. The van der Waals surface area contributed by atoms with Crippen LogP contribution in [0.2, 0.25) is 0 Å². The lowest BCUT2D eigenvalue weighted by Crippen LogP contribution is -2.44. The first kappa shape index (κ1) is 13.8. The first-order valence-corrected chi connectivity index (χ1v) is 7.61. The van der Waals surface area contributed by atoms with E-state index in [1.54, 1.807) is 0 Å². The van der Waals surface area contributed by atoms with E-state index >= 15 is 0 Å². The fourth-order valence-corrected chi connectivity index (χ4v) is 2.66. The van der Waals surface area contributed by atoms with Crippen molar-refractivity contribution in [2.45, 2.75) is 39.2 Å². The van der Waals surface area contributed by atoms with E-state index in [0.29, 0.717) is 6.04 Å². The van der Waals surface area contributed by atoms with Gasteiger partial charge >= 0.3 is 0 Å². The summed E-state index contributed by atoms with van der Waals surface area (Å²) in [6, 6.07) is 4.81. The normalized spacial score (nSPS) is 19.8. The Labute approximate surface area is 118 Å². The van der Waals surface area contributed by atoms with Crippen molar-refractivity contribution in [2.75, 3.05) is 24.5 Å². The number of likely N-dealkylation sites (N-methyl/N-ethyl adjacent to an activating group) is 1. The van der Waals surface area contributed by atoms with Crippen molar-refractivity contribution in [2.24, 2.45) is 0 Å². The maximum absolute atomic E-state index is 4.66. The molecule has 0 saturated carbocycles. The molecule has 0 spiro atoms. The molecule has 0 bridgehead atoms. The van der Waals surface area contributed by atoms with Crippen LogP contribution in [-0.2, 0) is 0 Å². The molecule has 18 heavy (non-hydrogen) atoms. The molecular weight excluding hydrogens is 290 g/mol. The number of aryl methyl sites for hydroxylation is 1. The Balaban J connectivity index is 2.04. The zero-order chi connectivity index (χ0) is 13.0. The number of nitrogens with one attached hydrogen (secondary N) is 1. The van der Waals surface area contributed by atoms with Crippen molar-refractivity contribution < 1.29 is 0 Å². The average Bonchev–Trinajstić information content (AvgIpc) is 2.40. The second kappa shape index (κ2) is 6.53. The molecule has 1 aromatic rings. The Hall–Kier alpha value is -0.610. The van der Waals surface area contributed by atoms with Gasteiger partial charge < -0.3 is 10.2 Å². The van der Waals surface area contributed by atoms with Crippen LogP contribution in [0.25, 0.3) is 0 Å². The van der Waals surface area contributed by atoms with Gasteiger partial charge in [-0.2, -0.15) is 0 Å². The maximum atomic E-state index is 4.66. The van der Waals surface area contributed by atoms with Crippen molar-refractivity contribution in [3.05, 3.63) is 22.3 Å². The van der Waals surface area contributed by atoms with Crippen LogP contribution in [0.1, 0.15) is 31.9 Å². The van der Waals surface area contributed by atoms with Gasteiger partial charge in [-0.3, -0.25) is 0 Å². The summed E-state index contributed by atoms with van der Waals surface area (Å²) >= 11 is 3.51. The number of aromatic nitrogens is 1. The summed E-state index contributed by atoms with van der Waals surface area (Å²) in [6.45, 7) is 7.47. The van der Waals surface area contributed by atoms with Crippen LogP contribution in [0.15, 0.2) is 16.6 Å². The van der Waals surface area contributed by atoms with Gasteiger partial charge in [0.05, 0.1) is 5.69 Å². The molecule has 1 saturated heterocycles. The molecule has 1 aliphatic rings. The molecule has 0 radical (unpaired) electrons. The Morgan fingerprint density at radius 3 is 2.89 bits per heavy atom. The Bertz CT molecular complexity index is 389. The van der Waals surface area contributed by atoms with Gasteiger partial charge in [-0.15, -0.1) is 0 Å². The van der Waals surface area contributed by atoms with Gasteiger partial charge in [-0.25, -0.2) is 4.98 Å². The molecule has 1 N–H and O–H groups in total. The minimum absolute atomic E-state index is 0.615. The molecule has 1 unspecified atom stereocenters. The van der Waals surface area contributed by atoms with E-state index in [2.05, 4.69) is 50.2 Å². The van der Waals surface area contributed by atoms with E-state index in [4.69, 9.17) is 0 Å². The molecule has 0 amide bonds. The molecule has 1 atom stereocenters. The second-order valence-corrected chi connectivity index (χ2v) is 5.78. The van der Waals surface area contributed by atoms with E-state index in [1.807, 2.05) is 6.92 Å². The molecule has 1 aliphatic heterocycles. The molecule has 1 aromatic heterocycles. The SMILES string of the molecule is CCN(CC1CCCCN1)c1ccc(Br)c(C)n1. The Morgan fingerprint density at radius 2 is 2.28 bits per heavy atom. The first-order chi connectivity index (χ1) is 8.70. The van der Waals surface area contributed by atoms with Crippen LogP contribution in [-0.4, -0.2) is 30.7 Å². The van der Waals surface area contributed by atoms with E-state index < -0.39 is 0 Å². The molecule has 4 heteroatoms. The minimum Gasteiger partial charge on any atom is -0.355 e. The number of rotatable bonds is 4. The lowest BCUT2D eigenvalue weighted by Gasteiger charge is -2.30. The minimum atomic E-state index is 0.615. The van der Waals surface area contributed by atoms with Gasteiger partial charge in [0.1, 0.15) is 5.82 Å². The van der Waals surface area contributed by atoms with Crippen molar-refractivity contribution in [1.82, 2.24) is 10.3 Å². The van der Waals surface area contributed by atoms with Crippen molar-refractivity contribution in [1.29, 1.82) is 0 Å². The molecule has 0 aliphatic carbocycles. The number of hydrogen-bond donors (Lipinski definition) is 1. The Morgan fingerprint density at radius 1 is 1.44 bits per heavy atom. The summed E-state index contributed by atoms with van der Waals surface area (Å²) in [5, 5.41) is 3.60. The lowest BCUT2D eigenvalue weighted by atomic mass is 10.0. The van der Waals surface area contributed by atoms with Gasteiger partial charge in [-0.05, 0) is 61.3 Å². The molecule has 2 rings (SSSR count). The third-order valence-corrected chi connectivity index (χ3v) is 4.40. The monoisotopic (exact) mass is 311 g/mol. The molecule has 0 aromatic carbocycles. The highest BCUT2D eigenvalue weighted by Gasteiger charge is 2.17. The summed E-state index contributed by atoms with van der Waals surface area (Å²) in [4.78, 5) is 7.02. The van der Waals surface area contributed by atoms with E-state index in [9.17, 15) is 0 Å². The fourth-order valence-electron chi connectivity index (χ4n) is 2.44. The molecule has 100 valence electrons. The summed E-state index contributed by atoms with van der Waals surface area (Å²) in [7, 11) is 0. The van der Waals surface area contributed by atoms with Crippen molar-refractivity contribution in [3.8, 4) is 0 Å². The van der Waals surface area contributed by atoms with Crippen LogP contribution < -0.4 is 10.2 Å². The largest absolute Gasteiger partial charge is 0.355 e. The predicted molar refractivity (Wildman–Crippen MR) is 80.2 cm³/mol. The van der Waals surface area contributed by atoms with Crippen LogP contribution in [0.3, 0.4) is 0 Å². The summed E-state index contributed by atoms with van der Waals surface area (Å²) in [5.74, 6) is 1.09. The van der Waals surface area contributed by atoms with E-state index in [0.717, 1.165) is 35.6 Å². The van der Waals surface area contributed by atoms with Crippen LogP contribution in [0.4, 0.5) is 5.82 Å². The summed E-state index contributed by atoms with van der Waals surface area (Å²) in [6.07, 6.45) is 3.95. The van der Waals surface area contributed by atoms with E-state index in [1.165, 1.54) is 19.3 Å². The topological polar surface area (TPSA) is 28.2 Å². The number of hydrogen-bond acceptors (Lipinski definition) is 3. The van der Waals surface area contributed by atoms with Crippen LogP contribution in [0.5, 0.6) is 0 Å². The second-order valence-electron chi connectivity index (χ2n) is 4.92. The zero-order valence-corrected chi connectivity index (χ0v) is 12.8. The Kier molecular flexibility index (Phi) is 5.01. The maximum Gasteiger partial charge on any atom is 0.128 e. The van der Waals surface area contributed by atoms with Gasteiger partial charge in [0.15, 0.2) is 0 Å². The molecular formula is C14H22BrN3. The highest BCUT2D eigenvalue weighted by atomic mass is 79.9. The van der Waals surface area contributed by atoms with Crippen LogP contribution >= 0.6 is 15.9 Å². The zero-order valence-electron chi connectivity index (χ0n) is 11.2. The third-order valence-electron chi connectivity index (χ3n) is 3.57. The molecule has 2 heterocycles.